The zero-order valence-electron chi connectivity index (χ0n) is 8.85. The Hall–Kier alpha value is -1.98. The monoisotopic (exact) mass is 242 g/mol. The topological polar surface area (TPSA) is 44.9 Å². The molecule has 1 heterocycles. The van der Waals surface area contributed by atoms with Crippen molar-refractivity contribution in [1.29, 1.82) is 0 Å². The number of carbonyl (C=O) groups excluding carboxylic acids is 1. The van der Waals surface area contributed by atoms with Crippen LogP contribution in [-0.2, 0) is 0 Å². The van der Waals surface area contributed by atoms with Gasteiger partial charge in [-0.1, -0.05) is 0 Å². The molecule has 0 atom stereocenters. The van der Waals surface area contributed by atoms with E-state index in [1.165, 1.54) is 19.2 Å². The van der Waals surface area contributed by atoms with Crippen LogP contribution in [0.3, 0.4) is 0 Å². The molecule has 0 bridgehead atoms. The molecule has 1 aromatic carbocycles. The van der Waals surface area contributed by atoms with Gasteiger partial charge in [0.2, 0.25) is 0 Å². The summed E-state index contributed by atoms with van der Waals surface area (Å²) in [5.41, 5.74) is -0.260. The van der Waals surface area contributed by atoms with E-state index in [2.05, 4.69) is 10.3 Å². The number of carbonyl (C=O) groups is 1. The van der Waals surface area contributed by atoms with Gasteiger partial charge in [0.05, 0.1) is 5.56 Å². The lowest BCUT2D eigenvalue weighted by Gasteiger charge is -2.02. The molecule has 0 saturated heterocycles. The summed E-state index contributed by atoms with van der Waals surface area (Å²) in [6.07, 6.45) is -2.92. The molecule has 2 aromatic rings. The molecule has 0 radical (unpaired) electrons. The summed E-state index contributed by atoms with van der Waals surface area (Å²) in [6, 6.07) is 3.50. The fourth-order valence-electron chi connectivity index (χ4n) is 1.68. The van der Waals surface area contributed by atoms with Crippen LogP contribution < -0.4 is 5.32 Å². The summed E-state index contributed by atoms with van der Waals surface area (Å²) in [5, 5.41) is 2.38. The number of alkyl halides is 2. The minimum atomic E-state index is -2.92. The fourth-order valence-corrected chi connectivity index (χ4v) is 1.68. The minimum absolute atomic E-state index is 0.0265. The van der Waals surface area contributed by atoms with Crippen molar-refractivity contribution in [3.63, 3.8) is 0 Å². The van der Waals surface area contributed by atoms with E-state index in [0.29, 0.717) is 5.52 Å². The third-order valence-corrected chi connectivity index (χ3v) is 2.48. The largest absolute Gasteiger partial charge is 0.354 e. The number of benzene rings is 1. The number of fused-ring (bicyclic) bond motifs is 1. The molecule has 2 N–H and O–H groups in total. The number of rotatable bonds is 2. The number of amides is 1. The van der Waals surface area contributed by atoms with Gasteiger partial charge in [-0.2, -0.15) is 0 Å². The van der Waals surface area contributed by atoms with Crippen molar-refractivity contribution in [3.05, 3.63) is 35.3 Å². The molecule has 17 heavy (non-hydrogen) atoms. The number of halogens is 3. The van der Waals surface area contributed by atoms with Crippen molar-refractivity contribution in [2.24, 2.45) is 0 Å². The Labute approximate surface area is 94.6 Å². The number of aromatic nitrogens is 1. The van der Waals surface area contributed by atoms with E-state index in [1.807, 2.05) is 0 Å². The summed E-state index contributed by atoms with van der Waals surface area (Å²) in [4.78, 5) is 14.0. The Morgan fingerprint density at radius 1 is 1.41 bits per heavy atom. The highest BCUT2D eigenvalue weighted by Gasteiger charge is 2.19. The van der Waals surface area contributed by atoms with Crippen LogP contribution >= 0.6 is 0 Å². The predicted octanol–water partition coefficient (Wildman–Crippen LogP) is 2.60. The van der Waals surface area contributed by atoms with Crippen LogP contribution in [0.4, 0.5) is 13.2 Å². The third-order valence-electron chi connectivity index (χ3n) is 2.48. The van der Waals surface area contributed by atoms with Gasteiger partial charge in [0, 0.05) is 18.0 Å². The van der Waals surface area contributed by atoms with Crippen LogP contribution in [0, 0.1) is 5.82 Å². The molecule has 3 nitrogen and oxygen atoms in total. The van der Waals surface area contributed by atoms with Crippen molar-refractivity contribution < 1.29 is 18.0 Å². The van der Waals surface area contributed by atoms with Crippen LogP contribution in [0.2, 0.25) is 0 Å². The van der Waals surface area contributed by atoms with E-state index in [0.717, 1.165) is 6.07 Å². The molecule has 1 amide bonds. The number of H-pyrrole nitrogens is 1. The number of aromatic amines is 1. The predicted molar refractivity (Wildman–Crippen MR) is 56.6 cm³/mol. The molecule has 0 aliphatic carbocycles. The van der Waals surface area contributed by atoms with Gasteiger partial charge >= 0.3 is 0 Å². The van der Waals surface area contributed by atoms with Crippen LogP contribution in [-0.4, -0.2) is 17.9 Å². The van der Waals surface area contributed by atoms with Crippen molar-refractivity contribution in [2.75, 3.05) is 7.05 Å². The van der Waals surface area contributed by atoms with E-state index >= 15 is 0 Å². The Morgan fingerprint density at radius 3 is 2.71 bits per heavy atom. The van der Waals surface area contributed by atoms with E-state index in [4.69, 9.17) is 0 Å². The van der Waals surface area contributed by atoms with Crippen molar-refractivity contribution >= 4 is 16.8 Å². The van der Waals surface area contributed by atoms with Crippen LogP contribution in [0.25, 0.3) is 10.9 Å². The molecule has 0 unspecified atom stereocenters. The maximum Gasteiger partial charge on any atom is 0.267 e. The first-order valence-electron chi connectivity index (χ1n) is 4.86. The van der Waals surface area contributed by atoms with Crippen LogP contribution in [0.15, 0.2) is 18.2 Å². The van der Waals surface area contributed by atoms with Gasteiger partial charge in [0.1, 0.15) is 11.5 Å². The first-order valence-corrected chi connectivity index (χ1v) is 4.86. The normalized spacial score (nSPS) is 11.1. The summed E-state index contributed by atoms with van der Waals surface area (Å²) in [7, 11) is 1.42. The highest BCUT2D eigenvalue weighted by atomic mass is 19.3. The quantitative estimate of drug-likeness (QED) is 0.835. The van der Waals surface area contributed by atoms with Gasteiger partial charge in [0.15, 0.2) is 0 Å². The van der Waals surface area contributed by atoms with Gasteiger partial charge in [-0.05, 0) is 18.2 Å². The molecule has 2 rings (SSSR count). The molecule has 1 aromatic heterocycles. The lowest BCUT2D eigenvalue weighted by Crippen LogP contribution is -2.17. The Bertz CT molecular complexity index is 577. The van der Waals surface area contributed by atoms with Gasteiger partial charge in [-0.15, -0.1) is 0 Å². The maximum absolute atomic E-state index is 13.3. The summed E-state index contributed by atoms with van der Waals surface area (Å²) in [5.74, 6) is -1.42. The van der Waals surface area contributed by atoms with E-state index in [1.54, 1.807) is 0 Å². The Morgan fingerprint density at radius 2 is 2.12 bits per heavy atom. The summed E-state index contributed by atoms with van der Waals surface area (Å²) in [6.45, 7) is 0. The maximum atomic E-state index is 13.3. The fraction of sp³-hybridized carbons (Fsp3) is 0.182. The average Bonchev–Trinajstić information content (AvgIpc) is 2.70. The number of hydrogen-bond acceptors (Lipinski definition) is 1. The van der Waals surface area contributed by atoms with Crippen molar-refractivity contribution in [1.82, 2.24) is 10.3 Å². The van der Waals surface area contributed by atoms with E-state index in [-0.39, 0.29) is 11.1 Å². The van der Waals surface area contributed by atoms with Gasteiger partial charge in [0.25, 0.3) is 12.3 Å². The molecule has 0 aliphatic heterocycles. The van der Waals surface area contributed by atoms with Gasteiger partial charge in [-0.25, -0.2) is 13.2 Å². The first-order chi connectivity index (χ1) is 8.04. The number of hydrogen-bond donors (Lipinski definition) is 2. The third kappa shape index (κ3) is 1.86. The standard InChI is InChI=1S/C11H9F3N2O/c1-15-11(17)8-4-5-7(16-8)3-2-6(12)9(5)10(13)14/h2-4,10,16H,1H3,(H,15,17). The molecular weight excluding hydrogens is 233 g/mol. The van der Waals surface area contributed by atoms with E-state index in [9.17, 15) is 18.0 Å². The van der Waals surface area contributed by atoms with Crippen LogP contribution in [0.1, 0.15) is 22.5 Å². The highest BCUT2D eigenvalue weighted by Crippen LogP contribution is 2.30. The second kappa shape index (κ2) is 4.12. The molecule has 0 spiro atoms. The molecule has 90 valence electrons. The average molecular weight is 242 g/mol. The molecule has 6 heteroatoms. The number of nitrogens with one attached hydrogen (secondary N) is 2. The SMILES string of the molecule is CNC(=O)c1cc2c(C(F)F)c(F)ccc2[nH]1. The lowest BCUT2D eigenvalue weighted by molar-refractivity contribution is 0.0959. The zero-order valence-corrected chi connectivity index (χ0v) is 8.85. The Balaban J connectivity index is 2.68. The molecule has 0 fully saturated rings. The molecule has 0 aliphatic rings. The summed E-state index contributed by atoms with van der Waals surface area (Å²) >= 11 is 0. The Kier molecular flexibility index (Phi) is 2.79. The first kappa shape index (κ1) is 11.5. The van der Waals surface area contributed by atoms with Crippen LogP contribution in [0.5, 0.6) is 0 Å². The highest BCUT2D eigenvalue weighted by molar-refractivity contribution is 5.98. The summed E-state index contributed by atoms with van der Waals surface area (Å²) < 4.78 is 38.7. The smallest absolute Gasteiger partial charge is 0.267 e. The minimum Gasteiger partial charge on any atom is -0.354 e. The molecular formula is C11H9F3N2O. The van der Waals surface area contributed by atoms with E-state index < -0.39 is 23.7 Å². The van der Waals surface area contributed by atoms with Gasteiger partial charge in [-0.3, -0.25) is 4.79 Å². The second-order valence-corrected chi connectivity index (χ2v) is 3.49. The molecule has 0 saturated carbocycles. The van der Waals surface area contributed by atoms with Crippen molar-refractivity contribution in [3.8, 4) is 0 Å². The van der Waals surface area contributed by atoms with Gasteiger partial charge < -0.3 is 10.3 Å². The second-order valence-electron chi connectivity index (χ2n) is 3.49. The lowest BCUT2D eigenvalue weighted by atomic mass is 10.1. The van der Waals surface area contributed by atoms with Crippen molar-refractivity contribution in [2.45, 2.75) is 6.43 Å². The zero-order chi connectivity index (χ0) is 12.6.